The van der Waals surface area contributed by atoms with E-state index >= 15 is 0 Å². The summed E-state index contributed by atoms with van der Waals surface area (Å²) in [5.74, 6) is 0.221. The molecule has 138 valence electrons. The van der Waals surface area contributed by atoms with Gasteiger partial charge in [0.2, 0.25) is 0 Å². The standard InChI is InChI=1S/C21H20N2O3S/c1-13-2-5-20(27-13)14-3-4-16-15(7-9-26-19(16)10-14)11-23-18-12-22-8-6-17(18)21(24)25/h2-6,8,10,12,15,23H,7,9,11H2,1H3,(H,24,25). The Kier molecular flexibility index (Phi) is 4.81. The first-order valence-corrected chi connectivity index (χ1v) is 9.68. The summed E-state index contributed by atoms with van der Waals surface area (Å²) in [7, 11) is 0. The van der Waals surface area contributed by atoms with Gasteiger partial charge in [0.25, 0.3) is 0 Å². The molecule has 2 aromatic heterocycles. The number of carboxylic acid groups (broad SMARTS) is 1. The minimum Gasteiger partial charge on any atom is -0.493 e. The molecule has 0 aliphatic carbocycles. The Morgan fingerprint density at radius 1 is 1.33 bits per heavy atom. The lowest BCUT2D eigenvalue weighted by Crippen LogP contribution is -2.21. The van der Waals surface area contributed by atoms with Gasteiger partial charge in [-0.2, -0.15) is 0 Å². The third kappa shape index (κ3) is 3.66. The number of nitrogens with one attached hydrogen (secondary N) is 1. The third-order valence-electron chi connectivity index (χ3n) is 4.79. The minimum absolute atomic E-state index is 0.237. The molecule has 1 unspecified atom stereocenters. The van der Waals surface area contributed by atoms with Crippen molar-refractivity contribution >= 4 is 23.0 Å². The van der Waals surface area contributed by atoms with E-state index < -0.39 is 5.97 Å². The second-order valence-electron chi connectivity index (χ2n) is 6.60. The molecule has 4 rings (SSSR count). The maximum absolute atomic E-state index is 11.4. The van der Waals surface area contributed by atoms with Crippen LogP contribution in [0.2, 0.25) is 0 Å². The summed E-state index contributed by atoms with van der Waals surface area (Å²) in [6.07, 6.45) is 3.94. The topological polar surface area (TPSA) is 71.5 Å². The number of thiophene rings is 1. The van der Waals surface area contributed by atoms with Crippen molar-refractivity contribution in [1.82, 2.24) is 4.98 Å². The van der Waals surface area contributed by atoms with E-state index in [1.54, 1.807) is 17.5 Å². The molecule has 0 fully saturated rings. The van der Waals surface area contributed by atoms with Gasteiger partial charge < -0.3 is 15.2 Å². The molecule has 5 nitrogen and oxygen atoms in total. The van der Waals surface area contributed by atoms with Gasteiger partial charge in [-0.3, -0.25) is 4.98 Å². The number of benzene rings is 1. The predicted octanol–water partition coefficient (Wildman–Crippen LogP) is 4.79. The molecule has 1 aliphatic rings. The van der Waals surface area contributed by atoms with Crippen molar-refractivity contribution in [1.29, 1.82) is 0 Å². The van der Waals surface area contributed by atoms with Gasteiger partial charge in [-0.1, -0.05) is 12.1 Å². The molecule has 27 heavy (non-hydrogen) atoms. The molecular formula is C21H20N2O3S. The van der Waals surface area contributed by atoms with Crippen LogP contribution in [0.1, 0.15) is 33.1 Å². The average molecular weight is 380 g/mol. The number of fused-ring (bicyclic) bond motifs is 1. The van der Waals surface area contributed by atoms with Gasteiger partial charge in [0.05, 0.1) is 24.1 Å². The van der Waals surface area contributed by atoms with Gasteiger partial charge in [-0.25, -0.2) is 4.79 Å². The van der Waals surface area contributed by atoms with Crippen LogP contribution in [0.3, 0.4) is 0 Å². The Bertz CT molecular complexity index is 983. The highest BCUT2D eigenvalue weighted by molar-refractivity contribution is 7.15. The zero-order chi connectivity index (χ0) is 18.8. The Balaban J connectivity index is 1.54. The molecule has 0 spiro atoms. The summed E-state index contributed by atoms with van der Waals surface area (Å²) < 4.78 is 5.91. The molecular weight excluding hydrogens is 360 g/mol. The Hall–Kier alpha value is -2.86. The number of nitrogens with zero attached hydrogens (tertiary/aromatic N) is 1. The van der Waals surface area contributed by atoms with Crippen LogP contribution in [0, 0.1) is 6.92 Å². The number of pyridine rings is 1. The monoisotopic (exact) mass is 380 g/mol. The van der Waals surface area contributed by atoms with Crippen LogP contribution in [-0.2, 0) is 0 Å². The highest BCUT2D eigenvalue weighted by atomic mass is 32.1. The average Bonchev–Trinajstić information content (AvgIpc) is 3.12. The van der Waals surface area contributed by atoms with E-state index in [0.29, 0.717) is 18.8 Å². The van der Waals surface area contributed by atoms with Crippen molar-refractivity contribution in [2.75, 3.05) is 18.5 Å². The number of aromatic nitrogens is 1. The molecule has 6 heteroatoms. The van der Waals surface area contributed by atoms with Crippen LogP contribution in [-0.4, -0.2) is 29.2 Å². The SMILES string of the molecule is Cc1ccc(-c2ccc3c(c2)OCCC3CNc2cnccc2C(=O)O)s1. The van der Waals surface area contributed by atoms with E-state index in [4.69, 9.17) is 4.74 Å². The van der Waals surface area contributed by atoms with E-state index in [9.17, 15) is 9.90 Å². The number of carbonyl (C=O) groups is 1. The quantitative estimate of drug-likeness (QED) is 0.666. The maximum atomic E-state index is 11.4. The number of rotatable bonds is 5. The molecule has 0 radical (unpaired) electrons. The first-order chi connectivity index (χ1) is 13.1. The summed E-state index contributed by atoms with van der Waals surface area (Å²) in [4.78, 5) is 17.9. The van der Waals surface area contributed by atoms with Crippen molar-refractivity contribution in [3.05, 3.63) is 64.8 Å². The van der Waals surface area contributed by atoms with E-state index in [1.165, 1.54) is 27.6 Å². The maximum Gasteiger partial charge on any atom is 0.337 e. The number of hydrogen-bond donors (Lipinski definition) is 2. The molecule has 2 N–H and O–H groups in total. The van der Waals surface area contributed by atoms with Crippen molar-refractivity contribution in [3.63, 3.8) is 0 Å². The number of hydrogen-bond acceptors (Lipinski definition) is 5. The molecule has 1 atom stereocenters. The normalized spacial score (nSPS) is 15.7. The van der Waals surface area contributed by atoms with Crippen molar-refractivity contribution in [2.45, 2.75) is 19.3 Å². The molecule has 0 bridgehead atoms. The lowest BCUT2D eigenvalue weighted by atomic mass is 9.91. The van der Waals surface area contributed by atoms with E-state index in [-0.39, 0.29) is 11.5 Å². The lowest BCUT2D eigenvalue weighted by Gasteiger charge is -2.27. The fraction of sp³-hybridized carbons (Fsp3) is 0.238. The first-order valence-electron chi connectivity index (χ1n) is 8.86. The van der Waals surface area contributed by atoms with Gasteiger partial charge >= 0.3 is 5.97 Å². The van der Waals surface area contributed by atoms with Crippen LogP contribution in [0.15, 0.2) is 48.8 Å². The highest BCUT2D eigenvalue weighted by Gasteiger charge is 2.22. The number of aryl methyl sites for hydroxylation is 1. The molecule has 3 heterocycles. The van der Waals surface area contributed by atoms with E-state index in [0.717, 1.165) is 17.7 Å². The lowest BCUT2D eigenvalue weighted by molar-refractivity contribution is 0.0697. The summed E-state index contributed by atoms with van der Waals surface area (Å²) in [5, 5.41) is 12.6. The summed E-state index contributed by atoms with van der Waals surface area (Å²) in [6.45, 7) is 3.40. The van der Waals surface area contributed by atoms with Crippen LogP contribution < -0.4 is 10.1 Å². The molecule has 0 amide bonds. The Labute approximate surface area is 161 Å². The fourth-order valence-electron chi connectivity index (χ4n) is 3.37. The zero-order valence-electron chi connectivity index (χ0n) is 14.9. The second-order valence-corrected chi connectivity index (χ2v) is 7.89. The molecule has 0 saturated heterocycles. The number of anilines is 1. The molecule has 1 aromatic carbocycles. The first kappa shape index (κ1) is 17.5. The number of carboxylic acids is 1. The van der Waals surface area contributed by atoms with Gasteiger partial charge in [-0.05, 0) is 48.7 Å². The molecule has 1 aliphatic heterocycles. The molecule has 3 aromatic rings. The van der Waals surface area contributed by atoms with Gasteiger partial charge in [0.15, 0.2) is 0 Å². The second kappa shape index (κ2) is 7.40. The number of aromatic carboxylic acids is 1. The Morgan fingerprint density at radius 3 is 3.00 bits per heavy atom. The summed E-state index contributed by atoms with van der Waals surface area (Å²) in [6, 6.07) is 12.2. The fourth-order valence-corrected chi connectivity index (χ4v) is 4.24. The van der Waals surface area contributed by atoms with Gasteiger partial charge in [0.1, 0.15) is 5.75 Å². The van der Waals surface area contributed by atoms with Gasteiger partial charge in [-0.15, -0.1) is 11.3 Å². The van der Waals surface area contributed by atoms with Crippen LogP contribution in [0.25, 0.3) is 10.4 Å². The zero-order valence-corrected chi connectivity index (χ0v) is 15.8. The third-order valence-corrected chi connectivity index (χ3v) is 5.84. The highest BCUT2D eigenvalue weighted by Crippen LogP contribution is 2.38. The van der Waals surface area contributed by atoms with Crippen LogP contribution >= 0.6 is 11.3 Å². The van der Waals surface area contributed by atoms with E-state index in [2.05, 4.69) is 47.6 Å². The smallest absolute Gasteiger partial charge is 0.337 e. The van der Waals surface area contributed by atoms with Crippen LogP contribution in [0.4, 0.5) is 5.69 Å². The Morgan fingerprint density at radius 2 is 2.22 bits per heavy atom. The van der Waals surface area contributed by atoms with Crippen molar-refractivity contribution in [2.24, 2.45) is 0 Å². The van der Waals surface area contributed by atoms with Gasteiger partial charge in [0, 0.05) is 28.4 Å². The van der Waals surface area contributed by atoms with Crippen molar-refractivity contribution < 1.29 is 14.6 Å². The van der Waals surface area contributed by atoms with E-state index in [1.807, 2.05) is 0 Å². The van der Waals surface area contributed by atoms with Crippen LogP contribution in [0.5, 0.6) is 5.75 Å². The predicted molar refractivity (Wildman–Crippen MR) is 107 cm³/mol. The summed E-state index contributed by atoms with van der Waals surface area (Å²) in [5.41, 5.74) is 3.11. The van der Waals surface area contributed by atoms with Crippen molar-refractivity contribution in [3.8, 4) is 16.2 Å². The largest absolute Gasteiger partial charge is 0.493 e. The minimum atomic E-state index is -0.955. The molecule has 0 saturated carbocycles. The summed E-state index contributed by atoms with van der Waals surface area (Å²) >= 11 is 1.77. The number of ether oxygens (including phenoxy) is 1.